The number of aliphatic hydroxyl groups is 1. The van der Waals surface area contributed by atoms with Crippen LogP contribution in [0.3, 0.4) is 0 Å². The average Bonchev–Trinajstić information content (AvgIpc) is 3.31. The molecule has 1 N–H and O–H groups in total. The summed E-state index contributed by atoms with van der Waals surface area (Å²) in [4.78, 5) is 29.3. The van der Waals surface area contributed by atoms with E-state index in [1.807, 2.05) is 39.8 Å². The number of rotatable bonds is 8. The van der Waals surface area contributed by atoms with Crippen molar-refractivity contribution in [3.8, 4) is 5.75 Å². The number of carbonyl (C=O) groups is 2. The summed E-state index contributed by atoms with van der Waals surface area (Å²) in [6, 6.07) is 7.87. The summed E-state index contributed by atoms with van der Waals surface area (Å²) in [6.45, 7) is 6.90. The fourth-order valence-corrected chi connectivity index (χ4v) is 3.75. The van der Waals surface area contributed by atoms with E-state index >= 15 is 0 Å². The number of hydrogen-bond donors (Lipinski definition) is 1. The Morgan fingerprint density at radius 3 is 2.58 bits per heavy atom. The number of carbonyl (C=O) groups excluding carboxylic acids is 2. The summed E-state index contributed by atoms with van der Waals surface area (Å²) in [6.07, 6.45) is 2.21. The summed E-state index contributed by atoms with van der Waals surface area (Å²) < 4.78 is 11.3. The molecule has 1 aliphatic heterocycles. The smallest absolute Gasteiger partial charge is 0.295 e. The van der Waals surface area contributed by atoms with Crippen LogP contribution < -0.4 is 4.74 Å². The van der Waals surface area contributed by atoms with E-state index in [-0.39, 0.29) is 17.4 Å². The van der Waals surface area contributed by atoms with E-state index in [9.17, 15) is 14.7 Å². The minimum atomic E-state index is -0.760. The number of ether oxygens (including phenoxy) is 1. The van der Waals surface area contributed by atoms with Crippen LogP contribution in [0.2, 0.25) is 0 Å². The molecule has 0 aliphatic carbocycles. The van der Waals surface area contributed by atoms with E-state index < -0.39 is 17.7 Å². The first-order valence-corrected chi connectivity index (χ1v) is 10.4. The molecule has 1 unspecified atom stereocenters. The third kappa shape index (κ3) is 4.82. The molecule has 3 rings (SSSR count). The molecule has 31 heavy (non-hydrogen) atoms. The van der Waals surface area contributed by atoms with Crippen LogP contribution in [0.5, 0.6) is 5.75 Å². The number of amides is 1. The van der Waals surface area contributed by atoms with E-state index in [1.54, 1.807) is 30.3 Å². The van der Waals surface area contributed by atoms with Gasteiger partial charge in [-0.3, -0.25) is 9.59 Å². The standard InChI is InChI=1S/C24H30N2O5/c1-15(2)31-18-10-9-17(14-16(18)3)22(27)20-21(19-8-6-13-30-19)26(24(29)23(20)28)12-7-11-25(4)5/h6,8-10,13-15,21,27H,7,11-12H2,1-5H3/b22-20-. The van der Waals surface area contributed by atoms with Crippen LogP contribution in [0.15, 0.2) is 46.6 Å². The lowest BCUT2D eigenvalue weighted by Gasteiger charge is -2.24. The molecule has 0 bridgehead atoms. The Kier molecular flexibility index (Phi) is 6.85. The predicted octanol–water partition coefficient (Wildman–Crippen LogP) is 3.75. The Bertz CT molecular complexity index is 976. The van der Waals surface area contributed by atoms with Crippen molar-refractivity contribution in [3.05, 3.63) is 59.1 Å². The highest BCUT2D eigenvalue weighted by Crippen LogP contribution is 2.40. The zero-order valence-electron chi connectivity index (χ0n) is 18.7. The second kappa shape index (κ2) is 9.39. The van der Waals surface area contributed by atoms with Gasteiger partial charge in [0.2, 0.25) is 0 Å². The largest absolute Gasteiger partial charge is 0.507 e. The quantitative estimate of drug-likeness (QED) is 0.393. The van der Waals surface area contributed by atoms with Crippen LogP contribution >= 0.6 is 0 Å². The molecule has 0 radical (unpaired) electrons. The summed E-state index contributed by atoms with van der Waals surface area (Å²) in [5.74, 6) is -0.392. The molecule has 0 spiro atoms. The monoisotopic (exact) mass is 426 g/mol. The lowest BCUT2D eigenvalue weighted by molar-refractivity contribution is -0.140. The van der Waals surface area contributed by atoms with Crippen molar-refractivity contribution in [1.82, 2.24) is 9.80 Å². The number of ketones is 1. The third-order valence-electron chi connectivity index (χ3n) is 5.17. The van der Waals surface area contributed by atoms with E-state index in [1.165, 1.54) is 11.2 Å². The van der Waals surface area contributed by atoms with Crippen LogP contribution in [0.4, 0.5) is 0 Å². The van der Waals surface area contributed by atoms with E-state index in [2.05, 4.69) is 0 Å². The topological polar surface area (TPSA) is 83.2 Å². The Labute approximate surface area is 182 Å². The highest BCUT2D eigenvalue weighted by Gasteiger charge is 2.47. The molecule has 7 heteroatoms. The van der Waals surface area contributed by atoms with Gasteiger partial charge >= 0.3 is 0 Å². The van der Waals surface area contributed by atoms with Crippen LogP contribution in [0.25, 0.3) is 5.76 Å². The number of hydrogen-bond acceptors (Lipinski definition) is 6. The average molecular weight is 427 g/mol. The molecule has 1 aromatic carbocycles. The zero-order chi connectivity index (χ0) is 22.7. The molecular formula is C24H30N2O5. The first-order chi connectivity index (χ1) is 14.7. The number of likely N-dealkylation sites (tertiary alicyclic amines) is 1. The first kappa shape index (κ1) is 22.6. The van der Waals surface area contributed by atoms with Crippen molar-refractivity contribution in [2.75, 3.05) is 27.2 Å². The second-order valence-electron chi connectivity index (χ2n) is 8.31. The zero-order valence-corrected chi connectivity index (χ0v) is 18.7. The molecule has 1 aliphatic rings. The van der Waals surface area contributed by atoms with Gasteiger partial charge in [-0.25, -0.2) is 0 Å². The van der Waals surface area contributed by atoms with E-state index in [0.29, 0.717) is 30.0 Å². The van der Waals surface area contributed by atoms with Crippen molar-refractivity contribution in [2.24, 2.45) is 0 Å². The number of nitrogens with zero attached hydrogens (tertiary/aromatic N) is 2. The Morgan fingerprint density at radius 1 is 1.26 bits per heavy atom. The van der Waals surface area contributed by atoms with Crippen molar-refractivity contribution in [1.29, 1.82) is 0 Å². The van der Waals surface area contributed by atoms with Gasteiger partial charge in [-0.1, -0.05) is 0 Å². The van der Waals surface area contributed by atoms with Crippen molar-refractivity contribution in [3.63, 3.8) is 0 Å². The number of Topliss-reactive ketones (excluding diaryl/α,β-unsaturated/α-hetero) is 1. The van der Waals surface area contributed by atoms with Gasteiger partial charge in [-0.15, -0.1) is 0 Å². The lowest BCUT2D eigenvalue weighted by atomic mass is 9.98. The van der Waals surface area contributed by atoms with Gasteiger partial charge in [0.05, 0.1) is 17.9 Å². The highest BCUT2D eigenvalue weighted by molar-refractivity contribution is 6.46. The Hall–Kier alpha value is -3.06. The van der Waals surface area contributed by atoms with Gasteiger partial charge in [0.25, 0.3) is 11.7 Å². The molecule has 1 amide bonds. The van der Waals surface area contributed by atoms with E-state index in [0.717, 1.165) is 12.1 Å². The Balaban J connectivity index is 2.02. The molecule has 1 saturated heterocycles. The van der Waals surface area contributed by atoms with Gasteiger partial charge in [0.15, 0.2) is 0 Å². The summed E-state index contributed by atoms with van der Waals surface area (Å²) in [7, 11) is 3.90. The number of aliphatic hydroxyl groups excluding tert-OH is 1. The second-order valence-corrected chi connectivity index (χ2v) is 8.31. The molecule has 1 atom stereocenters. The van der Waals surface area contributed by atoms with Crippen LogP contribution in [-0.4, -0.2) is 59.9 Å². The molecule has 166 valence electrons. The maximum absolute atomic E-state index is 12.9. The van der Waals surface area contributed by atoms with E-state index in [4.69, 9.17) is 9.15 Å². The molecule has 2 aromatic rings. The molecular weight excluding hydrogens is 396 g/mol. The maximum Gasteiger partial charge on any atom is 0.295 e. The number of aryl methyl sites for hydroxylation is 1. The third-order valence-corrected chi connectivity index (χ3v) is 5.17. The predicted molar refractivity (Wildman–Crippen MR) is 118 cm³/mol. The SMILES string of the molecule is Cc1cc(/C(O)=C2/C(=O)C(=O)N(CCCN(C)C)C2c2ccco2)ccc1OC(C)C. The Morgan fingerprint density at radius 2 is 2.00 bits per heavy atom. The van der Waals surface area contributed by atoms with Gasteiger partial charge in [0, 0.05) is 12.1 Å². The van der Waals surface area contributed by atoms with Gasteiger partial charge < -0.3 is 24.1 Å². The molecule has 1 aromatic heterocycles. The summed E-state index contributed by atoms with van der Waals surface area (Å²) in [5.41, 5.74) is 1.32. The molecule has 0 saturated carbocycles. The van der Waals surface area contributed by atoms with Crippen molar-refractivity contribution >= 4 is 17.4 Å². The van der Waals surface area contributed by atoms with Crippen LogP contribution in [0, 0.1) is 6.92 Å². The highest BCUT2D eigenvalue weighted by atomic mass is 16.5. The minimum Gasteiger partial charge on any atom is -0.507 e. The fraction of sp³-hybridized carbons (Fsp3) is 0.417. The summed E-state index contributed by atoms with van der Waals surface area (Å²) >= 11 is 0. The van der Waals surface area contributed by atoms with Crippen molar-refractivity contribution < 1.29 is 23.8 Å². The lowest BCUT2D eigenvalue weighted by Crippen LogP contribution is -2.32. The van der Waals surface area contributed by atoms with Gasteiger partial charge in [-0.05, 0) is 83.7 Å². The number of benzene rings is 1. The van der Waals surface area contributed by atoms with Gasteiger partial charge in [0.1, 0.15) is 23.3 Å². The molecule has 7 nitrogen and oxygen atoms in total. The first-order valence-electron chi connectivity index (χ1n) is 10.4. The number of furan rings is 1. The van der Waals surface area contributed by atoms with Gasteiger partial charge in [-0.2, -0.15) is 0 Å². The summed E-state index contributed by atoms with van der Waals surface area (Å²) in [5, 5.41) is 11.1. The molecule has 1 fully saturated rings. The fourth-order valence-electron chi connectivity index (χ4n) is 3.75. The minimum absolute atomic E-state index is 0.0181. The van der Waals surface area contributed by atoms with Crippen LogP contribution in [0.1, 0.15) is 43.2 Å². The molecule has 2 heterocycles. The maximum atomic E-state index is 12.9. The van der Waals surface area contributed by atoms with Crippen LogP contribution in [-0.2, 0) is 9.59 Å². The van der Waals surface area contributed by atoms with Crippen molar-refractivity contribution in [2.45, 2.75) is 39.3 Å². The normalized spacial score (nSPS) is 18.4.